The normalized spacial score (nSPS) is 16.0. The number of hydrogen-bond donors (Lipinski definition) is 1. The Bertz CT molecular complexity index is 1850. The molecule has 44 heavy (non-hydrogen) atoms. The average Bonchev–Trinajstić information content (AvgIpc) is 3.73. The van der Waals surface area contributed by atoms with E-state index in [4.69, 9.17) is 5.73 Å². The van der Waals surface area contributed by atoms with Gasteiger partial charge < -0.3 is 5.73 Å². The molecule has 0 saturated heterocycles. The molecule has 0 unspecified atom stereocenters. The van der Waals surface area contributed by atoms with E-state index < -0.39 is 137 Å². The third kappa shape index (κ3) is 4.26. The third-order valence-electron chi connectivity index (χ3n) is 6.35. The fourth-order valence-electron chi connectivity index (χ4n) is 4.18. The van der Waals surface area contributed by atoms with Gasteiger partial charge in [0.2, 0.25) is 11.6 Å². The van der Waals surface area contributed by atoms with Gasteiger partial charge in [0, 0.05) is 22.3 Å². The summed E-state index contributed by atoms with van der Waals surface area (Å²) in [5.74, 6) is -35.7. The van der Waals surface area contributed by atoms with Crippen LogP contribution in [0.2, 0.25) is 0 Å². The van der Waals surface area contributed by atoms with Crippen molar-refractivity contribution >= 4 is 16.8 Å². The molecule has 17 heteroatoms. The molecule has 0 amide bonds. The first kappa shape index (κ1) is 31.6. The summed E-state index contributed by atoms with van der Waals surface area (Å²) < 4.78 is 200. The molecule has 226 valence electrons. The van der Waals surface area contributed by atoms with E-state index in [0.717, 1.165) is 12.1 Å². The minimum absolute atomic E-state index is 0.561. The van der Waals surface area contributed by atoms with Gasteiger partial charge in [0.25, 0.3) is 0 Å². The summed E-state index contributed by atoms with van der Waals surface area (Å²) in [6.07, 6.45) is 0. The molecule has 1 saturated carbocycles. The maximum absolute atomic E-state index is 14.8. The summed E-state index contributed by atoms with van der Waals surface area (Å²) >= 11 is 0. The lowest BCUT2D eigenvalue weighted by Crippen LogP contribution is -2.10. The van der Waals surface area contributed by atoms with Crippen LogP contribution in [0, 0.1) is 111 Å². The Morgan fingerprint density at radius 1 is 0.409 bits per heavy atom. The minimum Gasteiger partial charge on any atom is -0.398 e. The van der Waals surface area contributed by atoms with E-state index in [1.807, 2.05) is 0 Å². The molecular formula is C27H5F14N3. The minimum atomic E-state index is -2.74. The Morgan fingerprint density at radius 3 is 0.932 bits per heavy atom. The van der Waals surface area contributed by atoms with E-state index in [2.05, 4.69) is 0 Å². The fraction of sp³-hybridized carbons (Fsp3) is 0.0370. The largest absolute Gasteiger partial charge is 0.398 e. The molecule has 0 radical (unpaired) electrons. The molecule has 0 heterocycles. The summed E-state index contributed by atoms with van der Waals surface area (Å²) in [5.41, 5.74) is -10.9. The molecular weight excluding hydrogens is 632 g/mol. The Labute approximate surface area is 234 Å². The molecule has 0 spiro atoms. The number of nitriles is 2. The zero-order valence-electron chi connectivity index (χ0n) is 20.8. The molecule has 0 bridgehead atoms. The SMILES string of the molecule is Cc1c(F)c(F)c(C(N)=C2C(=C(\C#N)c3c(F)c(F)c(F)c(F)c3F)/C2=C(\C#N)c2c(F)c(F)c(F)c(F)c2F)c(F)c1F. The van der Waals surface area contributed by atoms with Crippen molar-refractivity contribution in [2.45, 2.75) is 6.92 Å². The van der Waals surface area contributed by atoms with E-state index in [1.165, 1.54) is 0 Å². The first-order valence-corrected chi connectivity index (χ1v) is 11.1. The van der Waals surface area contributed by atoms with E-state index in [9.17, 15) is 72.0 Å². The van der Waals surface area contributed by atoms with Gasteiger partial charge in [0.15, 0.2) is 69.8 Å². The lowest BCUT2D eigenvalue weighted by Gasteiger charge is -2.10. The van der Waals surface area contributed by atoms with Crippen LogP contribution in [0.1, 0.15) is 22.3 Å². The number of benzene rings is 3. The average molecular weight is 637 g/mol. The van der Waals surface area contributed by atoms with E-state index in [-0.39, 0.29) is 0 Å². The topological polar surface area (TPSA) is 73.6 Å². The van der Waals surface area contributed by atoms with E-state index in [1.54, 1.807) is 0 Å². The first-order chi connectivity index (χ1) is 20.5. The van der Waals surface area contributed by atoms with Gasteiger partial charge in [0.1, 0.15) is 12.1 Å². The van der Waals surface area contributed by atoms with Crippen molar-refractivity contribution in [1.82, 2.24) is 0 Å². The van der Waals surface area contributed by atoms with Gasteiger partial charge in [0.05, 0.1) is 33.5 Å². The maximum atomic E-state index is 14.8. The highest BCUT2D eigenvalue weighted by molar-refractivity contribution is 6.10. The second-order valence-corrected chi connectivity index (χ2v) is 8.66. The van der Waals surface area contributed by atoms with Crippen molar-refractivity contribution < 1.29 is 61.5 Å². The Morgan fingerprint density at radius 2 is 0.659 bits per heavy atom. The molecule has 0 atom stereocenters. The van der Waals surface area contributed by atoms with E-state index in [0.29, 0.717) is 6.92 Å². The zero-order chi connectivity index (χ0) is 33.3. The molecule has 0 aliphatic heterocycles. The highest BCUT2D eigenvalue weighted by Crippen LogP contribution is 2.56. The first-order valence-electron chi connectivity index (χ1n) is 11.1. The standard InChI is InChI=1S/C27H5F14N3/c1-4-13(28)19(34)12(20(35)14(4)29)27(44)11-7(5(2-42)9-15(30)21(36)25(40)22(37)16(9)31)8(11)6(3-43)10-17(32)23(38)26(41)24(39)18(10)33/h44H2,1H3/b7-5-,8-6+,27-11?. The van der Waals surface area contributed by atoms with Gasteiger partial charge in [-0.2, -0.15) is 10.5 Å². The van der Waals surface area contributed by atoms with Crippen LogP contribution in [0.5, 0.6) is 0 Å². The molecule has 3 aromatic rings. The predicted molar refractivity (Wildman–Crippen MR) is 120 cm³/mol. The molecule has 4 rings (SSSR count). The molecule has 1 aliphatic carbocycles. The predicted octanol–water partition coefficient (Wildman–Crippen LogP) is 7.58. The molecule has 1 aliphatic rings. The fourth-order valence-corrected chi connectivity index (χ4v) is 4.18. The second kappa shape index (κ2) is 10.7. The quantitative estimate of drug-likeness (QED) is 0.139. The maximum Gasteiger partial charge on any atom is 0.200 e. The van der Waals surface area contributed by atoms with Gasteiger partial charge in [-0.1, -0.05) is 0 Å². The van der Waals surface area contributed by atoms with Gasteiger partial charge in [-0.25, -0.2) is 61.5 Å². The van der Waals surface area contributed by atoms with Crippen LogP contribution in [0.15, 0.2) is 16.7 Å². The summed E-state index contributed by atoms with van der Waals surface area (Å²) in [6, 6.07) is 1.87. The summed E-state index contributed by atoms with van der Waals surface area (Å²) in [7, 11) is 0. The number of allylic oxidation sites excluding steroid dienone is 5. The van der Waals surface area contributed by atoms with Crippen LogP contribution >= 0.6 is 0 Å². The molecule has 3 aromatic carbocycles. The molecule has 1 fully saturated rings. The molecule has 3 nitrogen and oxygen atoms in total. The second-order valence-electron chi connectivity index (χ2n) is 8.66. The molecule has 0 aromatic heterocycles. The van der Waals surface area contributed by atoms with Crippen LogP contribution in [-0.4, -0.2) is 0 Å². The Balaban J connectivity index is 2.31. The van der Waals surface area contributed by atoms with Crippen LogP contribution in [-0.2, 0) is 0 Å². The number of nitrogens with two attached hydrogens (primary N) is 1. The lowest BCUT2D eigenvalue weighted by molar-refractivity contribution is 0.376. The van der Waals surface area contributed by atoms with Crippen molar-refractivity contribution in [3.8, 4) is 12.1 Å². The van der Waals surface area contributed by atoms with Crippen molar-refractivity contribution in [1.29, 1.82) is 10.5 Å². The Kier molecular flexibility index (Phi) is 7.72. The van der Waals surface area contributed by atoms with Crippen LogP contribution in [0.4, 0.5) is 61.5 Å². The van der Waals surface area contributed by atoms with Crippen LogP contribution in [0.3, 0.4) is 0 Å². The van der Waals surface area contributed by atoms with Gasteiger partial charge >= 0.3 is 0 Å². The van der Waals surface area contributed by atoms with Gasteiger partial charge in [-0.05, 0) is 6.92 Å². The van der Waals surface area contributed by atoms with Crippen molar-refractivity contribution in [2.24, 2.45) is 5.73 Å². The van der Waals surface area contributed by atoms with Crippen molar-refractivity contribution in [3.05, 3.63) is 120 Å². The van der Waals surface area contributed by atoms with Gasteiger partial charge in [-0.3, -0.25) is 0 Å². The smallest absolute Gasteiger partial charge is 0.200 e. The summed E-state index contributed by atoms with van der Waals surface area (Å²) in [5, 5.41) is 19.3. The summed E-state index contributed by atoms with van der Waals surface area (Å²) in [4.78, 5) is 0. The number of rotatable bonds is 3. The highest BCUT2D eigenvalue weighted by atomic mass is 19.2. The van der Waals surface area contributed by atoms with Crippen molar-refractivity contribution in [2.75, 3.05) is 0 Å². The third-order valence-corrected chi connectivity index (χ3v) is 6.35. The lowest BCUT2D eigenvalue weighted by atomic mass is 10.0. The number of halogens is 14. The van der Waals surface area contributed by atoms with E-state index >= 15 is 0 Å². The monoisotopic (exact) mass is 637 g/mol. The highest BCUT2D eigenvalue weighted by Gasteiger charge is 2.45. The van der Waals surface area contributed by atoms with Crippen LogP contribution in [0.25, 0.3) is 16.8 Å². The Hall–Kier alpha value is -5.32. The van der Waals surface area contributed by atoms with Crippen molar-refractivity contribution in [3.63, 3.8) is 0 Å². The molecule has 2 N–H and O–H groups in total. The van der Waals surface area contributed by atoms with Gasteiger partial charge in [-0.15, -0.1) is 0 Å². The van der Waals surface area contributed by atoms with Crippen LogP contribution < -0.4 is 5.73 Å². The summed E-state index contributed by atoms with van der Waals surface area (Å²) in [6.45, 7) is 0.561. The number of hydrogen-bond acceptors (Lipinski definition) is 3. The number of nitrogens with zero attached hydrogens (tertiary/aromatic N) is 2. The zero-order valence-corrected chi connectivity index (χ0v) is 20.8.